The van der Waals surface area contributed by atoms with E-state index in [9.17, 15) is 23.9 Å². The van der Waals surface area contributed by atoms with Gasteiger partial charge < -0.3 is 15.2 Å². The molecule has 1 atom stereocenters. The van der Waals surface area contributed by atoms with Crippen LogP contribution in [0.25, 0.3) is 5.76 Å². The van der Waals surface area contributed by atoms with E-state index in [2.05, 4.69) is 5.32 Å². The van der Waals surface area contributed by atoms with Gasteiger partial charge in [-0.15, -0.1) is 0 Å². The molecule has 2 N–H and O–H groups in total. The SMILES string of the molecule is COc1cccc(C2/C(=C(\O)c3ccc(F)cc3)C(=O)C(=O)N2c2cccc(NC(C)=O)c2)c1. The highest BCUT2D eigenvalue weighted by molar-refractivity contribution is 6.51. The molecule has 1 fully saturated rings. The van der Waals surface area contributed by atoms with Crippen molar-refractivity contribution in [3.05, 3.63) is 95.3 Å². The molecule has 3 aromatic rings. The van der Waals surface area contributed by atoms with Crippen molar-refractivity contribution in [1.82, 2.24) is 0 Å². The molecule has 0 saturated carbocycles. The van der Waals surface area contributed by atoms with Crippen molar-refractivity contribution in [3.63, 3.8) is 0 Å². The van der Waals surface area contributed by atoms with Crippen molar-refractivity contribution in [2.75, 3.05) is 17.3 Å². The lowest BCUT2D eigenvalue weighted by molar-refractivity contribution is -0.132. The molecule has 8 heteroatoms. The second kappa shape index (κ2) is 9.19. The Morgan fingerprint density at radius 3 is 2.41 bits per heavy atom. The first-order valence-corrected chi connectivity index (χ1v) is 10.4. The van der Waals surface area contributed by atoms with Gasteiger partial charge in [-0.25, -0.2) is 4.39 Å². The first kappa shape index (κ1) is 22.7. The van der Waals surface area contributed by atoms with E-state index in [1.807, 2.05) is 0 Å². The van der Waals surface area contributed by atoms with Gasteiger partial charge in [0.05, 0.1) is 18.7 Å². The van der Waals surface area contributed by atoms with Crippen molar-refractivity contribution in [2.24, 2.45) is 0 Å². The van der Waals surface area contributed by atoms with E-state index in [0.29, 0.717) is 22.7 Å². The maximum atomic E-state index is 13.4. The number of hydrogen-bond donors (Lipinski definition) is 2. The summed E-state index contributed by atoms with van der Waals surface area (Å²) >= 11 is 0. The van der Waals surface area contributed by atoms with E-state index < -0.39 is 29.3 Å². The number of ether oxygens (including phenoxy) is 1. The van der Waals surface area contributed by atoms with Crippen LogP contribution in [-0.4, -0.2) is 29.8 Å². The fourth-order valence-corrected chi connectivity index (χ4v) is 3.93. The zero-order chi connectivity index (χ0) is 24.4. The summed E-state index contributed by atoms with van der Waals surface area (Å²) in [5.41, 5.74) is 1.36. The van der Waals surface area contributed by atoms with Crippen LogP contribution in [-0.2, 0) is 14.4 Å². The van der Waals surface area contributed by atoms with Gasteiger partial charge in [-0.3, -0.25) is 19.3 Å². The number of amides is 2. The molecular weight excluding hydrogens is 439 g/mol. The van der Waals surface area contributed by atoms with Gasteiger partial charge in [0, 0.05) is 23.9 Å². The number of anilines is 2. The lowest BCUT2D eigenvalue weighted by Gasteiger charge is -2.26. The molecule has 0 bridgehead atoms. The second-order valence-corrected chi connectivity index (χ2v) is 7.68. The Balaban J connectivity index is 1.93. The number of carbonyl (C=O) groups is 3. The van der Waals surface area contributed by atoms with Gasteiger partial charge in [-0.2, -0.15) is 0 Å². The van der Waals surface area contributed by atoms with Crippen LogP contribution in [0.2, 0.25) is 0 Å². The number of rotatable bonds is 5. The number of Topliss-reactive ketones (excluding diaryl/α,β-unsaturated/α-hetero) is 1. The second-order valence-electron chi connectivity index (χ2n) is 7.68. The maximum Gasteiger partial charge on any atom is 0.300 e. The third-order valence-corrected chi connectivity index (χ3v) is 5.42. The fourth-order valence-electron chi connectivity index (χ4n) is 3.93. The van der Waals surface area contributed by atoms with Gasteiger partial charge in [0.25, 0.3) is 11.7 Å². The summed E-state index contributed by atoms with van der Waals surface area (Å²) < 4.78 is 18.7. The highest BCUT2D eigenvalue weighted by Gasteiger charge is 2.47. The molecule has 2 amide bonds. The minimum atomic E-state index is -0.993. The van der Waals surface area contributed by atoms with Crippen molar-refractivity contribution in [1.29, 1.82) is 0 Å². The first-order valence-electron chi connectivity index (χ1n) is 10.4. The number of carbonyl (C=O) groups excluding carboxylic acids is 3. The average Bonchev–Trinajstić information content (AvgIpc) is 3.09. The van der Waals surface area contributed by atoms with Crippen LogP contribution in [0.4, 0.5) is 15.8 Å². The Labute approximate surface area is 195 Å². The van der Waals surface area contributed by atoms with Crippen molar-refractivity contribution < 1.29 is 28.6 Å². The Hall–Kier alpha value is -4.46. The summed E-state index contributed by atoms with van der Waals surface area (Å²) in [6.45, 7) is 1.36. The third-order valence-electron chi connectivity index (χ3n) is 5.42. The molecule has 1 aliphatic heterocycles. The van der Waals surface area contributed by atoms with Gasteiger partial charge in [0.2, 0.25) is 5.91 Å². The van der Waals surface area contributed by atoms with Crippen LogP contribution in [0.3, 0.4) is 0 Å². The van der Waals surface area contributed by atoms with Crippen LogP contribution in [0.5, 0.6) is 5.75 Å². The molecule has 172 valence electrons. The van der Waals surface area contributed by atoms with E-state index in [-0.39, 0.29) is 17.0 Å². The lowest BCUT2D eigenvalue weighted by Crippen LogP contribution is -2.29. The summed E-state index contributed by atoms with van der Waals surface area (Å²) in [5.74, 6) is -2.46. The van der Waals surface area contributed by atoms with Crippen LogP contribution in [0.1, 0.15) is 24.1 Å². The molecule has 4 rings (SSSR count). The number of halogens is 1. The van der Waals surface area contributed by atoms with E-state index in [1.54, 1.807) is 48.5 Å². The molecule has 0 aromatic heterocycles. The van der Waals surface area contributed by atoms with Crippen LogP contribution in [0.15, 0.2) is 78.4 Å². The van der Waals surface area contributed by atoms with Gasteiger partial charge in [0.1, 0.15) is 17.3 Å². The minimum Gasteiger partial charge on any atom is -0.507 e. The summed E-state index contributed by atoms with van der Waals surface area (Å²) in [6.07, 6.45) is 0. The molecular formula is C26H21FN2O5. The molecule has 0 radical (unpaired) electrons. The molecule has 34 heavy (non-hydrogen) atoms. The van der Waals surface area contributed by atoms with Gasteiger partial charge in [-0.05, 0) is 60.2 Å². The standard InChI is InChI=1S/C26H21FN2O5/c1-15(30)28-19-6-4-7-20(14-19)29-23(17-5-3-8-21(13-17)34-2)22(25(32)26(29)33)24(31)16-9-11-18(27)12-10-16/h3-14,23,31H,1-2H3,(H,28,30)/b24-22+. The Morgan fingerprint density at radius 2 is 1.74 bits per heavy atom. The maximum absolute atomic E-state index is 13.4. The van der Waals surface area contributed by atoms with E-state index in [4.69, 9.17) is 4.74 Å². The van der Waals surface area contributed by atoms with E-state index in [1.165, 1.54) is 31.1 Å². The number of aliphatic hydroxyl groups excluding tert-OH is 1. The molecule has 1 unspecified atom stereocenters. The van der Waals surface area contributed by atoms with Crippen molar-refractivity contribution >= 4 is 34.7 Å². The largest absolute Gasteiger partial charge is 0.507 e. The number of methoxy groups -OCH3 is 1. The third kappa shape index (κ3) is 4.25. The Morgan fingerprint density at radius 1 is 1.03 bits per heavy atom. The fraction of sp³-hybridized carbons (Fsp3) is 0.115. The zero-order valence-electron chi connectivity index (χ0n) is 18.4. The van der Waals surface area contributed by atoms with Crippen LogP contribution < -0.4 is 15.0 Å². The number of nitrogens with one attached hydrogen (secondary N) is 1. The smallest absolute Gasteiger partial charge is 0.300 e. The zero-order valence-corrected chi connectivity index (χ0v) is 18.4. The molecule has 1 heterocycles. The van der Waals surface area contributed by atoms with Gasteiger partial charge in [0.15, 0.2) is 0 Å². The van der Waals surface area contributed by atoms with Crippen molar-refractivity contribution in [2.45, 2.75) is 13.0 Å². The molecule has 7 nitrogen and oxygen atoms in total. The number of hydrogen-bond acceptors (Lipinski definition) is 5. The van der Waals surface area contributed by atoms with Gasteiger partial charge in [-0.1, -0.05) is 18.2 Å². The van der Waals surface area contributed by atoms with E-state index >= 15 is 0 Å². The Kier molecular flexibility index (Phi) is 6.14. The first-order chi connectivity index (χ1) is 16.3. The molecule has 1 saturated heterocycles. The highest BCUT2D eigenvalue weighted by atomic mass is 19.1. The Bertz CT molecular complexity index is 1320. The minimum absolute atomic E-state index is 0.144. The predicted octanol–water partition coefficient (Wildman–Crippen LogP) is 4.42. The number of nitrogens with zero attached hydrogens (tertiary/aromatic N) is 1. The molecule has 0 spiro atoms. The van der Waals surface area contributed by atoms with E-state index in [0.717, 1.165) is 12.1 Å². The normalized spacial score (nSPS) is 17.0. The quantitative estimate of drug-likeness (QED) is 0.334. The summed E-state index contributed by atoms with van der Waals surface area (Å²) in [4.78, 5) is 39.2. The highest BCUT2D eigenvalue weighted by Crippen LogP contribution is 2.43. The predicted molar refractivity (Wildman–Crippen MR) is 125 cm³/mol. The lowest BCUT2D eigenvalue weighted by atomic mass is 9.95. The number of aliphatic hydroxyl groups is 1. The van der Waals surface area contributed by atoms with Gasteiger partial charge >= 0.3 is 0 Å². The molecule has 1 aliphatic rings. The summed E-state index contributed by atoms with van der Waals surface area (Å²) in [6, 6.07) is 17.3. The molecule has 3 aromatic carbocycles. The molecule has 0 aliphatic carbocycles. The number of benzene rings is 3. The number of ketones is 1. The topological polar surface area (TPSA) is 95.9 Å². The monoisotopic (exact) mass is 460 g/mol. The van der Waals surface area contributed by atoms with Crippen molar-refractivity contribution in [3.8, 4) is 5.75 Å². The summed E-state index contributed by atoms with van der Waals surface area (Å²) in [5, 5.41) is 13.7. The average molecular weight is 460 g/mol. The van der Waals surface area contributed by atoms with Crippen LogP contribution >= 0.6 is 0 Å². The summed E-state index contributed by atoms with van der Waals surface area (Å²) in [7, 11) is 1.49. The van der Waals surface area contributed by atoms with Crippen LogP contribution in [0, 0.1) is 5.82 Å².